The van der Waals surface area contributed by atoms with Crippen LogP contribution in [0.25, 0.3) is 32.9 Å². The highest BCUT2D eigenvalue weighted by atomic mass is 35.5. The maximum Gasteiger partial charge on any atom is 0.226 e. The van der Waals surface area contributed by atoms with Gasteiger partial charge in [-0.05, 0) is 86.8 Å². The number of likely N-dealkylation sites (tertiary alicyclic amines) is 1. The number of ether oxygens (including phenoxy) is 1. The van der Waals surface area contributed by atoms with Gasteiger partial charge in [-0.15, -0.1) is 0 Å². The van der Waals surface area contributed by atoms with Crippen LogP contribution in [0.5, 0.6) is 0 Å². The minimum atomic E-state index is -0.663. The van der Waals surface area contributed by atoms with Crippen molar-refractivity contribution in [3.05, 3.63) is 98.5 Å². The van der Waals surface area contributed by atoms with Crippen LogP contribution in [0.2, 0.25) is 10.0 Å². The fourth-order valence-electron chi connectivity index (χ4n) is 11.5. The number of aromatic nitrogens is 2. The lowest BCUT2D eigenvalue weighted by Crippen LogP contribution is -2.41. The molecule has 5 aromatic rings. The molecule has 3 aromatic carbocycles. The SMILES string of the molecule is N#CCCc1cc2c(nc(C3CC4CCCC3N4)c3cc(C4CC(OCc5c(F)cccc5F)CN4C(=O)C4CC4)n(C4C5CNC4C5)c32)c(F)c1-c1cccc(Cl)c1Cl. The first-order chi connectivity index (χ1) is 29.2. The van der Waals surface area contributed by atoms with Crippen molar-refractivity contribution in [2.75, 3.05) is 13.1 Å². The predicted molar refractivity (Wildman–Crippen MR) is 224 cm³/mol. The zero-order chi connectivity index (χ0) is 41.0. The molecule has 2 aromatic heterocycles. The van der Waals surface area contributed by atoms with Crippen LogP contribution in [0.4, 0.5) is 13.2 Å². The summed E-state index contributed by atoms with van der Waals surface area (Å²) in [7, 11) is 0. The third-order valence-electron chi connectivity index (χ3n) is 14.5. The molecule has 7 aliphatic rings. The monoisotopic (exact) mass is 852 g/mol. The summed E-state index contributed by atoms with van der Waals surface area (Å²) in [5.74, 6) is -1.44. The lowest BCUT2D eigenvalue weighted by molar-refractivity contribution is -0.134. The maximum atomic E-state index is 17.9. The number of carbonyl (C=O) groups is 1. The van der Waals surface area contributed by atoms with Crippen LogP contribution in [0.15, 0.2) is 48.5 Å². The number of aryl methyl sites for hydroxylation is 1. The summed E-state index contributed by atoms with van der Waals surface area (Å²) in [6.45, 7) is 0.905. The summed E-state index contributed by atoms with van der Waals surface area (Å²) in [5.41, 5.74) is 4.23. The van der Waals surface area contributed by atoms with E-state index in [1.807, 2.05) is 11.0 Å². The molecule has 2 N–H and O–H groups in total. The molecule has 310 valence electrons. The summed E-state index contributed by atoms with van der Waals surface area (Å²) < 4.78 is 56.2. The highest BCUT2D eigenvalue weighted by Crippen LogP contribution is 2.53. The Labute approximate surface area is 356 Å². The van der Waals surface area contributed by atoms with Crippen LogP contribution in [-0.4, -0.2) is 57.7 Å². The normalized spacial score (nSPS) is 28.2. The van der Waals surface area contributed by atoms with E-state index in [4.69, 9.17) is 32.9 Å². The molecule has 8 unspecified atom stereocenters. The molecule has 8 atom stereocenters. The predicted octanol–water partition coefficient (Wildman–Crippen LogP) is 9.84. The van der Waals surface area contributed by atoms with E-state index in [0.29, 0.717) is 58.4 Å². The van der Waals surface area contributed by atoms with Crippen molar-refractivity contribution < 1.29 is 22.7 Å². The van der Waals surface area contributed by atoms with Gasteiger partial charge in [0.1, 0.15) is 17.2 Å². The number of halogens is 5. The number of hydrogen-bond donors (Lipinski definition) is 2. The van der Waals surface area contributed by atoms with Gasteiger partial charge < -0.3 is 24.8 Å². The number of rotatable bonds is 10. The van der Waals surface area contributed by atoms with Crippen LogP contribution in [0.1, 0.15) is 98.3 Å². The van der Waals surface area contributed by atoms with E-state index in [1.165, 1.54) is 18.2 Å². The summed E-state index contributed by atoms with van der Waals surface area (Å²) in [4.78, 5) is 21.6. The van der Waals surface area contributed by atoms with E-state index >= 15 is 4.39 Å². The first kappa shape index (κ1) is 38.7. The fourth-order valence-corrected chi connectivity index (χ4v) is 11.9. The van der Waals surface area contributed by atoms with E-state index in [0.717, 1.165) is 73.8 Å². The average Bonchev–Trinajstić information content (AvgIpc) is 3.58. The van der Waals surface area contributed by atoms with Gasteiger partial charge in [-0.1, -0.05) is 47.8 Å². The molecule has 7 heterocycles. The molecule has 2 aliphatic carbocycles. The largest absolute Gasteiger partial charge is 0.371 e. The van der Waals surface area contributed by atoms with Crippen LogP contribution in [0, 0.1) is 40.6 Å². The number of hydrogen-bond acceptors (Lipinski definition) is 6. The Kier molecular flexibility index (Phi) is 9.69. The van der Waals surface area contributed by atoms with Gasteiger partial charge in [0.05, 0.1) is 52.1 Å². The zero-order valence-corrected chi connectivity index (χ0v) is 34.5. The zero-order valence-electron chi connectivity index (χ0n) is 33.0. The molecule has 5 saturated heterocycles. The number of piperidine rings is 1. The highest BCUT2D eigenvalue weighted by molar-refractivity contribution is 6.43. The second-order valence-electron chi connectivity index (χ2n) is 18.0. The lowest BCUT2D eigenvalue weighted by atomic mass is 9.79. The second-order valence-corrected chi connectivity index (χ2v) is 18.8. The average molecular weight is 854 g/mol. The Hall–Kier alpha value is -4.18. The smallest absolute Gasteiger partial charge is 0.226 e. The highest BCUT2D eigenvalue weighted by Gasteiger charge is 2.52. The van der Waals surface area contributed by atoms with E-state index < -0.39 is 29.6 Å². The van der Waals surface area contributed by atoms with Crippen LogP contribution in [-0.2, 0) is 22.6 Å². The molecule has 4 bridgehead atoms. The molecular weight excluding hydrogens is 808 g/mol. The Bertz CT molecular complexity index is 2590. The minimum absolute atomic E-state index is 0.0414. The number of amides is 1. The Morgan fingerprint density at radius 1 is 0.983 bits per heavy atom. The summed E-state index contributed by atoms with van der Waals surface area (Å²) >= 11 is 13.4. The van der Waals surface area contributed by atoms with Gasteiger partial charge in [0.15, 0.2) is 5.82 Å². The van der Waals surface area contributed by atoms with Crippen molar-refractivity contribution in [2.24, 2.45) is 11.8 Å². The maximum absolute atomic E-state index is 17.9. The van der Waals surface area contributed by atoms with E-state index in [1.54, 1.807) is 18.2 Å². The second kappa shape index (κ2) is 15.0. The molecule has 8 nitrogen and oxygen atoms in total. The minimum Gasteiger partial charge on any atom is -0.371 e. The number of nitrogens with zero attached hydrogens (tertiary/aromatic N) is 4. The van der Waals surface area contributed by atoms with Gasteiger partial charge in [0.2, 0.25) is 5.91 Å². The quantitative estimate of drug-likeness (QED) is 0.145. The van der Waals surface area contributed by atoms with Crippen molar-refractivity contribution in [2.45, 2.75) is 113 Å². The first-order valence-electron chi connectivity index (χ1n) is 21.5. The van der Waals surface area contributed by atoms with Crippen LogP contribution < -0.4 is 10.6 Å². The van der Waals surface area contributed by atoms with Gasteiger partial charge in [-0.25, -0.2) is 18.2 Å². The number of carbonyl (C=O) groups excluding carboxylic acids is 1. The van der Waals surface area contributed by atoms with Crippen molar-refractivity contribution in [3.63, 3.8) is 0 Å². The third kappa shape index (κ3) is 6.26. The lowest BCUT2D eigenvalue weighted by Gasteiger charge is -2.39. The molecule has 0 radical (unpaired) electrons. The number of fused-ring (bicyclic) bond motifs is 6. The van der Waals surface area contributed by atoms with Crippen molar-refractivity contribution >= 4 is 50.9 Å². The Balaban J connectivity index is 1.14. The van der Waals surface area contributed by atoms with Crippen molar-refractivity contribution in [1.82, 2.24) is 25.1 Å². The summed E-state index contributed by atoms with van der Waals surface area (Å²) in [6, 6.07) is 15.9. The van der Waals surface area contributed by atoms with E-state index in [-0.39, 0.29) is 65.0 Å². The fraction of sp³-hybridized carbons (Fsp3) is 0.468. The molecular formula is C47H45Cl2F3N6O2. The van der Waals surface area contributed by atoms with Crippen molar-refractivity contribution in [1.29, 1.82) is 5.26 Å². The van der Waals surface area contributed by atoms with E-state index in [2.05, 4.69) is 27.3 Å². The number of nitrogens with one attached hydrogen (secondary N) is 2. The topological polar surface area (TPSA) is 95.2 Å². The molecule has 2 saturated carbocycles. The molecule has 5 aliphatic heterocycles. The number of nitriles is 1. The molecule has 12 rings (SSSR count). The summed E-state index contributed by atoms with van der Waals surface area (Å²) in [6.07, 6.45) is 7.20. The molecule has 13 heteroatoms. The summed E-state index contributed by atoms with van der Waals surface area (Å²) in [5, 5.41) is 19.5. The Morgan fingerprint density at radius 3 is 2.53 bits per heavy atom. The molecule has 1 amide bonds. The molecule has 7 fully saturated rings. The van der Waals surface area contributed by atoms with Gasteiger partial charge in [-0.3, -0.25) is 4.79 Å². The number of pyridine rings is 1. The van der Waals surface area contributed by atoms with Gasteiger partial charge >= 0.3 is 0 Å². The van der Waals surface area contributed by atoms with Gasteiger partial charge in [-0.2, -0.15) is 5.26 Å². The molecule has 0 spiro atoms. The first-order valence-corrected chi connectivity index (χ1v) is 22.3. The van der Waals surface area contributed by atoms with Crippen LogP contribution in [0.3, 0.4) is 0 Å². The van der Waals surface area contributed by atoms with Crippen molar-refractivity contribution in [3.8, 4) is 17.2 Å². The van der Waals surface area contributed by atoms with Gasteiger partial charge in [0, 0.05) is 89.0 Å². The number of benzene rings is 3. The molecule has 60 heavy (non-hydrogen) atoms. The van der Waals surface area contributed by atoms with Gasteiger partial charge in [0.25, 0.3) is 0 Å². The van der Waals surface area contributed by atoms with E-state index in [9.17, 15) is 18.8 Å². The Morgan fingerprint density at radius 2 is 1.80 bits per heavy atom. The third-order valence-corrected chi connectivity index (χ3v) is 15.3. The van der Waals surface area contributed by atoms with Crippen LogP contribution >= 0.6 is 23.2 Å². The standard InChI is InChI=1S/C47H45Cl2F3N6O2/c48-33-8-2-7-28(41(33)49)40-24(5-4-14-53)15-30-44(42(40)52)56-43(29-17-26-6-1-11-36(29)55-26)31-19-39(58(46(30)31)45-25-16-37(45)54-20-25)38-18-27(21-57(38)47(59)23-12-13-23)60-22-32-34(50)9-3-10-35(32)51/h2-3,7-10,15,19,23,25-27,29,36-38,45,54-55H,1,4-6,11-13,16-18,20-22H2.